The lowest BCUT2D eigenvalue weighted by Gasteiger charge is -2.07. The van der Waals surface area contributed by atoms with Crippen LogP contribution in [0.2, 0.25) is 0 Å². The van der Waals surface area contributed by atoms with E-state index in [4.69, 9.17) is 9.26 Å². The first-order valence-corrected chi connectivity index (χ1v) is 5.70. The monoisotopic (exact) mass is 210 g/mol. The minimum atomic E-state index is 0.314. The fraction of sp³-hybridized carbons (Fsp3) is 0.818. The van der Waals surface area contributed by atoms with E-state index in [-0.39, 0.29) is 0 Å². The molecule has 1 aromatic rings. The van der Waals surface area contributed by atoms with Crippen LogP contribution in [0.15, 0.2) is 4.52 Å². The molecule has 0 amide bonds. The van der Waals surface area contributed by atoms with E-state index in [0.717, 1.165) is 5.82 Å². The molecule has 1 heterocycles. The van der Waals surface area contributed by atoms with Crippen LogP contribution >= 0.6 is 0 Å². The summed E-state index contributed by atoms with van der Waals surface area (Å²) in [7, 11) is 0. The molecule has 84 valence electrons. The maximum Gasteiger partial charge on any atom is 0.252 e. The van der Waals surface area contributed by atoms with Gasteiger partial charge in [0.2, 0.25) is 0 Å². The molecular formula is C11H18N2O2. The molecular weight excluding hydrogens is 192 g/mol. The lowest BCUT2D eigenvalue weighted by atomic mass is 10.2. The number of hydrogen-bond acceptors (Lipinski definition) is 4. The Hall–Kier alpha value is -0.900. The lowest BCUT2D eigenvalue weighted by molar-refractivity contribution is 0.0305. The second-order valence-electron chi connectivity index (χ2n) is 4.42. The van der Waals surface area contributed by atoms with Gasteiger partial charge in [0.05, 0.1) is 6.10 Å². The van der Waals surface area contributed by atoms with Crippen molar-refractivity contribution >= 4 is 0 Å². The van der Waals surface area contributed by atoms with Gasteiger partial charge in [-0.05, 0) is 12.8 Å². The zero-order valence-corrected chi connectivity index (χ0v) is 9.40. The smallest absolute Gasteiger partial charge is 0.252 e. The van der Waals surface area contributed by atoms with Gasteiger partial charge in [-0.1, -0.05) is 31.8 Å². The Labute approximate surface area is 90.0 Å². The highest BCUT2D eigenvalue weighted by Gasteiger charge is 2.17. The summed E-state index contributed by atoms with van der Waals surface area (Å²) in [6, 6.07) is 0. The molecule has 0 bridgehead atoms. The third-order valence-electron chi connectivity index (χ3n) is 2.74. The minimum Gasteiger partial charge on any atom is -0.368 e. The van der Waals surface area contributed by atoms with Crippen molar-refractivity contribution in [2.75, 3.05) is 0 Å². The van der Waals surface area contributed by atoms with Crippen molar-refractivity contribution in [1.82, 2.24) is 10.1 Å². The zero-order valence-electron chi connectivity index (χ0n) is 9.40. The molecule has 4 heteroatoms. The fourth-order valence-corrected chi connectivity index (χ4v) is 1.81. The Morgan fingerprint density at radius 1 is 1.40 bits per heavy atom. The summed E-state index contributed by atoms with van der Waals surface area (Å²) in [4.78, 5) is 4.27. The van der Waals surface area contributed by atoms with Crippen molar-refractivity contribution in [2.24, 2.45) is 0 Å². The molecule has 2 rings (SSSR count). The normalized spacial score (nSPS) is 17.8. The Kier molecular flexibility index (Phi) is 3.36. The van der Waals surface area contributed by atoms with E-state index in [1.807, 2.05) is 13.8 Å². The molecule has 1 aliphatic carbocycles. The summed E-state index contributed by atoms with van der Waals surface area (Å²) in [6.07, 6.45) is 5.31. The summed E-state index contributed by atoms with van der Waals surface area (Å²) in [5.74, 6) is 1.68. The molecule has 0 unspecified atom stereocenters. The average molecular weight is 210 g/mol. The first kappa shape index (κ1) is 10.6. The second kappa shape index (κ2) is 4.75. The highest BCUT2D eigenvalue weighted by atomic mass is 16.5. The number of rotatable bonds is 4. The van der Waals surface area contributed by atoms with Gasteiger partial charge in [-0.2, -0.15) is 4.98 Å². The van der Waals surface area contributed by atoms with Crippen LogP contribution in [-0.2, 0) is 11.3 Å². The molecule has 0 aliphatic heterocycles. The number of aromatic nitrogens is 2. The fourth-order valence-electron chi connectivity index (χ4n) is 1.81. The zero-order chi connectivity index (χ0) is 10.7. The summed E-state index contributed by atoms with van der Waals surface area (Å²) >= 11 is 0. The third-order valence-corrected chi connectivity index (χ3v) is 2.74. The maximum atomic E-state index is 5.69. The van der Waals surface area contributed by atoms with E-state index in [9.17, 15) is 0 Å². The summed E-state index contributed by atoms with van der Waals surface area (Å²) in [6.45, 7) is 4.56. The predicted molar refractivity (Wildman–Crippen MR) is 55.4 cm³/mol. The Morgan fingerprint density at radius 3 is 2.73 bits per heavy atom. The van der Waals surface area contributed by atoms with Gasteiger partial charge in [0.15, 0.2) is 5.82 Å². The van der Waals surface area contributed by atoms with Gasteiger partial charge in [-0.3, -0.25) is 0 Å². The van der Waals surface area contributed by atoms with Crippen LogP contribution in [-0.4, -0.2) is 16.2 Å². The number of nitrogens with zero attached hydrogens (tertiary/aromatic N) is 2. The van der Waals surface area contributed by atoms with E-state index in [1.54, 1.807) is 0 Å². The molecule has 1 aliphatic rings. The SMILES string of the molecule is CC(C)c1noc(COC2CCCC2)n1. The predicted octanol–water partition coefficient (Wildman–Crippen LogP) is 2.65. The van der Waals surface area contributed by atoms with E-state index >= 15 is 0 Å². The maximum absolute atomic E-state index is 5.69. The molecule has 0 N–H and O–H groups in total. The second-order valence-corrected chi connectivity index (χ2v) is 4.42. The third kappa shape index (κ3) is 2.78. The van der Waals surface area contributed by atoms with Crippen LogP contribution in [0.3, 0.4) is 0 Å². The van der Waals surface area contributed by atoms with E-state index < -0.39 is 0 Å². The van der Waals surface area contributed by atoms with E-state index in [1.165, 1.54) is 25.7 Å². The first-order chi connectivity index (χ1) is 7.25. The van der Waals surface area contributed by atoms with Gasteiger partial charge in [-0.15, -0.1) is 0 Å². The summed E-state index contributed by atoms with van der Waals surface area (Å²) < 4.78 is 10.8. The molecule has 0 aromatic carbocycles. The van der Waals surface area contributed by atoms with Gasteiger partial charge in [0.25, 0.3) is 5.89 Å². The molecule has 0 spiro atoms. The number of ether oxygens (including phenoxy) is 1. The quantitative estimate of drug-likeness (QED) is 0.766. The van der Waals surface area contributed by atoms with Gasteiger partial charge < -0.3 is 9.26 Å². The average Bonchev–Trinajstić information content (AvgIpc) is 2.86. The van der Waals surface area contributed by atoms with Crippen LogP contribution in [0.1, 0.15) is 57.2 Å². The van der Waals surface area contributed by atoms with Crippen molar-refractivity contribution in [1.29, 1.82) is 0 Å². The van der Waals surface area contributed by atoms with Crippen LogP contribution in [0, 0.1) is 0 Å². The molecule has 1 saturated carbocycles. The van der Waals surface area contributed by atoms with Gasteiger partial charge in [0, 0.05) is 5.92 Å². The molecule has 4 nitrogen and oxygen atoms in total. The lowest BCUT2D eigenvalue weighted by Crippen LogP contribution is -2.07. The van der Waals surface area contributed by atoms with Gasteiger partial charge in [0.1, 0.15) is 6.61 Å². The van der Waals surface area contributed by atoms with Crippen molar-refractivity contribution in [3.63, 3.8) is 0 Å². The van der Waals surface area contributed by atoms with Crippen LogP contribution in [0.25, 0.3) is 0 Å². The van der Waals surface area contributed by atoms with Gasteiger partial charge in [-0.25, -0.2) is 0 Å². The molecule has 1 fully saturated rings. The van der Waals surface area contributed by atoms with Crippen LogP contribution in [0.4, 0.5) is 0 Å². The Bertz CT molecular complexity index is 303. The van der Waals surface area contributed by atoms with Crippen LogP contribution < -0.4 is 0 Å². The molecule has 15 heavy (non-hydrogen) atoms. The Balaban J connectivity index is 1.82. The standard InChI is InChI=1S/C11H18N2O2/c1-8(2)11-12-10(15-13-11)7-14-9-5-3-4-6-9/h8-9H,3-7H2,1-2H3. The molecule has 1 aromatic heterocycles. The van der Waals surface area contributed by atoms with E-state index in [2.05, 4.69) is 10.1 Å². The molecule has 0 atom stereocenters. The van der Waals surface area contributed by atoms with Gasteiger partial charge >= 0.3 is 0 Å². The highest BCUT2D eigenvalue weighted by molar-refractivity contribution is 4.90. The van der Waals surface area contributed by atoms with Crippen molar-refractivity contribution < 1.29 is 9.26 Å². The Morgan fingerprint density at radius 2 is 2.13 bits per heavy atom. The minimum absolute atomic E-state index is 0.314. The topological polar surface area (TPSA) is 48.2 Å². The summed E-state index contributed by atoms with van der Waals surface area (Å²) in [5.41, 5.74) is 0. The first-order valence-electron chi connectivity index (χ1n) is 5.70. The van der Waals surface area contributed by atoms with Crippen molar-refractivity contribution in [3.05, 3.63) is 11.7 Å². The van der Waals surface area contributed by atoms with Crippen molar-refractivity contribution in [3.8, 4) is 0 Å². The summed E-state index contributed by atoms with van der Waals surface area (Å²) in [5, 5.41) is 3.89. The molecule has 0 radical (unpaired) electrons. The van der Waals surface area contributed by atoms with Crippen LogP contribution in [0.5, 0.6) is 0 Å². The number of hydrogen-bond donors (Lipinski definition) is 0. The largest absolute Gasteiger partial charge is 0.368 e. The van der Waals surface area contributed by atoms with Crippen molar-refractivity contribution in [2.45, 2.75) is 58.2 Å². The highest BCUT2D eigenvalue weighted by Crippen LogP contribution is 2.22. The molecule has 0 saturated heterocycles. The van der Waals surface area contributed by atoms with E-state index in [0.29, 0.717) is 24.5 Å².